The normalized spacial score (nSPS) is 11.1. The van der Waals surface area contributed by atoms with E-state index in [0.717, 1.165) is 20.9 Å². The van der Waals surface area contributed by atoms with Gasteiger partial charge in [0.25, 0.3) is 5.56 Å². The highest BCUT2D eigenvalue weighted by molar-refractivity contribution is 7.15. The molecule has 4 heterocycles. The minimum absolute atomic E-state index is 0.222. The van der Waals surface area contributed by atoms with Crippen LogP contribution in [0.25, 0.3) is 27.7 Å². The quantitative estimate of drug-likeness (QED) is 0.472. The van der Waals surface area contributed by atoms with Crippen molar-refractivity contribution in [2.24, 2.45) is 0 Å². The molecule has 0 saturated heterocycles. The van der Waals surface area contributed by atoms with E-state index >= 15 is 0 Å². The van der Waals surface area contributed by atoms with E-state index in [1.165, 1.54) is 23.7 Å². The number of amides is 1. The number of para-hydroxylation sites is 1. The van der Waals surface area contributed by atoms with Crippen LogP contribution in [0.3, 0.4) is 0 Å². The number of rotatable bonds is 5. The lowest BCUT2D eigenvalue weighted by Crippen LogP contribution is -2.29. The molecule has 0 atom stereocenters. The molecule has 0 unspecified atom stereocenters. The number of benzene rings is 1. The lowest BCUT2D eigenvalue weighted by Gasteiger charge is -2.10. The first-order chi connectivity index (χ1) is 14.7. The summed E-state index contributed by atoms with van der Waals surface area (Å²) in [6, 6.07) is 13.8. The zero-order valence-electron chi connectivity index (χ0n) is 15.6. The fourth-order valence-corrected chi connectivity index (χ4v) is 3.82. The maximum Gasteiger partial charge on any atom is 0.267 e. The SMILES string of the molecule is O=C(Cn1nc(-c2ccco2)ccc1=O)Nc1ccccc1-c1cn2ccsc2n1. The number of hydrogen-bond acceptors (Lipinski definition) is 6. The molecule has 0 saturated carbocycles. The number of carbonyl (C=O) groups excluding carboxylic acids is 1. The number of imidazole rings is 1. The Bertz CT molecular complexity index is 1370. The molecular weight excluding hydrogens is 402 g/mol. The van der Waals surface area contributed by atoms with E-state index in [-0.39, 0.29) is 18.0 Å². The number of fused-ring (bicyclic) bond motifs is 1. The van der Waals surface area contributed by atoms with E-state index in [0.29, 0.717) is 17.1 Å². The van der Waals surface area contributed by atoms with Gasteiger partial charge in [0.1, 0.15) is 12.2 Å². The molecule has 0 radical (unpaired) electrons. The summed E-state index contributed by atoms with van der Waals surface area (Å²) in [6.45, 7) is -0.222. The van der Waals surface area contributed by atoms with E-state index in [1.807, 2.05) is 40.4 Å². The van der Waals surface area contributed by atoms with Crippen molar-refractivity contribution in [3.8, 4) is 22.7 Å². The van der Waals surface area contributed by atoms with Gasteiger partial charge in [0, 0.05) is 29.4 Å². The minimum atomic E-state index is -0.372. The molecule has 5 aromatic rings. The predicted molar refractivity (Wildman–Crippen MR) is 113 cm³/mol. The fourth-order valence-electron chi connectivity index (χ4n) is 3.12. The van der Waals surface area contributed by atoms with Gasteiger partial charge in [-0.15, -0.1) is 11.3 Å². The monoisotopic (exact) mass is 417 g/mol. The van der Waals surface area contributed by atoms with E-state index in [1.54, 1.807) is 24.3 Å². The van der Waals surface area contributed by atoms with Gasteiger partial charge < -0.3 is 9.73 Å². The van der Waals surface area contributed by atoms with Gasteiger partial charge in [0.15, 0.2) is 10.7 Å². The average Bonchev–Trinajstić information content (AvgIpc) is 3.48. The highest BCUT2D eigenvalue weighted by Gasteiger charge is 2.14. The Morgan fingerprint density at radius 2 is 2.00 bits per heavy atom. The summed E-state index contributed by atoms with van der Waals surface area (Å²) in [5.41, 5.74) is 2.27. The largest absolute Gasteiger partial charge is 0.463 e. The molecular formula is C21H15N5O3S. The smallest absolute Gasteiger partial charge is 0.267 e. The molecule has 30 heavy (non-hydrogen) atoms. The van der Waals surface area contributed by atoms with Gasteiger partial charge in [-0.2, -0.15) is 5.10 Å². The number of anilines is 1. The van der Waals surface area contributed by atoms with Crippen molar-refractivity contribution in [1.29, 1.82) is 0 Å². The van der Waals surface area contributed by atoms with E-state index in [4.69, 9.17) is 4.42 Å². The highest BCUT2D eigenvalue weighted by atomic mass is 32.1. The topological polar surface area (TPSA) is 94.4 Å². The van der Waals surface area contributed by atoms with E-state index in [9.17, 15) is 9.59 Å². The average molecular weight is 417 g/mol. The Balaban J connectivity index is 1.40. The van der Waals surface area contributed by atoms with Crippen LogP contribution < -0.4 is 10.9 Å². The summed E-state index contributed by atoms with van der Waals surface area (Å²) in [5, 5.41) is 9.06. The Morgan fingerprint density at radius 1 is 1.10 bits per heavy atom. The molecule has 0 spiro atoms. The van der Waals surface area contributed by atoms with Crippen molar-refractivity contribution < 1.29 is 9.21 Å². The van der Waals surface area contributed by atoms with Crippen LogP contribution in [0, 0.1) is 0 Å². The van der Waals surface area contributed by atoms with Crippen LogP contribution in [0.2, 0.25) is 0 Å². The number of nitrogens with one attached hydrogen (secondary N) is 1. The number of carbonyl (C=O) groups is 1. The summed E-state index contributed by atoms with van der Waals surface area (Å²) >= 11 is 1.54. The number of nitrogens with zero attached hydrogens (tertiary/aromatic N) is 4. The molecule has 0 aliphatic heterocycles. The molecule has 9 heteroatoms. The standard InChI is InChI=1S/C21H15N5O3S/c27-19(13-26-20(28)8-7-16(24-26)18-6-3-10-29-18)22-15-5-2-1-4-14(15)17-12-25-9-11-30-21(25)23-17/h1-12H,13H2,(H,22,27). The van der Waals surface area contributed by atoms with Gasteiger partial charge in [0.2, 0.25) is 5.91 Å². The second-order valence-corrected chi connectivity index (χ2v) is 7.38. The van der Waals surface area contributed by atoms with Crippen molar-refractivity contribution in [2.45, 2.75) is 6.54 Å². The van der Waals surface area contributed by atoms with Gasteiger partial charge in [-0.1, -0.05) is 18.2 Å². The molecule has 4 aromatic heterocycles. The molecule has 0 bridgehead atoms. The van der Waals surface area contributed by atoms with Gasteiger partial charge in [-0.3, -0.25) is 14.0 Å². The molecule has 0 aliphatic carbocycles. The van der Waals surface area contributed by atoms with Crippen molar-refractivity contribution in [1.82, 2.24) is 19.2 Å². The fraction of sp³-hybridized carbons (Fsp3) is 0.0476. The third-order valence-corrected chi connectivity index (χ3v) is 5.27. The van der Waals surface area contributed by atoms with Crippen LogP contribution in [0.5, 0.6) is 0 Å². The number of hydrogen-bond donors (Lipinski definition) is 1. The molecule has 5 rings (SSSR count). The molecule has 1 N–H and O–H groups in total. The van der Waals surface area contributed by atoms with Crippen molar-refractivity contribution in [2.75, 3.05) is 5.32 Å². The summed E-state index contributed by atoms with van der Waals surface area (Å²) < 4.78 is 8.36. The van der Waals surface area contributed by atoms with Crippen LogP contribution in [0.15, 0.2) is 81.8 Å². The number of furan rings is 1. The van der Waals surface area contributed by atoms with Crippen molar-refractivity contribution >= 4 is 27.9 Å². The number of aromatic nitrogens is 4. The lowest BCUT2D eigenvalue weighted by atomic mass is 10.1. The van der Waals surface area contributed by atoms with E-state index < -0.39 is 0 Å². The van der Waals surface area contributed by atoms with Crippen LogP contribution in [0.1, 0.15) is 0 Å². The molecule has 1 amide bonds. The molecule has 1 aromatic carbocycles. The second-order valence-electron chi connectivity index (χ2n) is 6.50. The van der Waals surface area contributed by atoms with Crippen LogP contribution in [-0.4, -0.2) is 25.1 Å². The first kappa shape index (κ1) is 18.1. The Labute approximate surface area is 174 Å². The maximum atomic E-state index is 12.7. The summed E-state index contributed by atoms with van der Waals surface area (Å²) in [7, 11) is 0. The summed E-state index contributed by atoms with van der Waals surface area (Å²) in [5.74, 6) is 0.156. The summed E-state index contributed by atoms with van der Waals surface area (Å²) in [4.78, 5) is 30.3. The van der Waals surface area contributed by atoms with Crippen molar-refractivity contribution in [3.63, 3.8) is 0 Å². The molecule has 0 aliphatic rings. The first-order valence-electron chi connectivity index (χ1n) is 9.11. The van der Waals surface area contributed by atoms with Crippen molar-refractivity contribution in [3.05, 3.63) is 82.9 Å². The predicted octanol–water partition coefficient (Wildman–Crippen LogP) is 3.52. The highest BCUT2D eigenvalue weighted by Crippen LogP contribution is 2.28. The zero-order chi connectivity index (χ0) is 20.5. The van der Waals surface area contributed by atoms with Gasteiger partial charge >= 0.3 is 0 Å². The number of thiazole rings is 1. The first-order valence-corrected chi connectivity index (χ1v) is 9.99. The molecule has 8 nitrogen and oxygen atoms in total. The third kappa shape index (κ3) is 3.42. The summed E-state index contributed by atoms with van der Waals surface area (Å²) in [6.07, 6.45) is 5.37. The van der Waals surface area contributed by atoms with Gasteiger partial charge in [0.05, 0.1) is 17.6 Å². The van der Waals surface area contributed by atoms with Crippen LogP contribution in [-0.2, 0) is 11.3 Å². The Kier molecular flexibility index (Phi) is 4.49. The lowest BCUT2D eigenvalue weighted by molar-refractivity contribution is -0.117. The second kappa shape index (κ2) is 7.45. The zero-order valence-corrected chi connectivity index (χ0v) is 16.4. The van der Waals surface area contributed by atoms with Crippen LogP contribution >= 0.6 is 11.3 Å². The third-order valence-electron chi connectivity index (χ3n) is 4.50. The van der Waals surface area contributed by atoms with Crippen LogP contribution in [0.4, 0.5) is 5.69 Å². The Morgan fingerprint density at radius 3 is 2.83 bits per heavy atom. The Hall–Kier alpha value is -3.98. The molecule has 148 valence electrons. The minimum Gasteiger partial charge on any atom is -0.463 e. The molecule has 0 fully saturated rings. The van der Waals surface area contributed by atoms with Gasteiger partial charge in [-0.25, -0.2) is 9.67 Å². The van der Waals surface area contributed by atoms with E-state index in [2.05, 4.69) is 15.4 Å². The van der Waals surface area contributed by atoms with Gasteiger partial charge in [-0.05, 0) is 24.3 Å². The maximum absolute atomic E-state index is 12.7.